The highest BCUT2D eigenvalue weighted by atomic mass is 16.4. The second-order valence-corrected chi connectivity index (χ2v) is 6.63. The van der Waals surface area contributed by atoms with Crippen molar-refractivity contribution in [3.05, 3.63) is 5.89 Å². The first kappa shape index (κ1) is 17.4. The highest BCUT2D eigenvalue weighted by Crippen LogP contribution is 2.08. The van der Waals surface area contributed by atoms with Crippen LogP contribution in [0.1, 0.15) is 47.4 Å². The number of aromatic nitrogens is 2. The zero-order chi connectivity index (χ0) is 16.0. The number of hydrogen-bond donors (Lipinski definition) is 3. The average molecular weight is 297 g/mol. The van der Waals surface area contributed by atoms with Crippen molar-refractivity contribution < 1.29 is 9.21 Å². The minimum Gasteiger partial charge on any atom is -0.407 e. The van der Waals surface area contributed by atoms with Crippen LogP contribution in [-0.2, 0) is 11.3 Å². The fraction of sp³-hybridized carbons (Fsp3) is 0.786. The Morgan fingerprint density at radius 1 is 1.24 bits per heavy atom. The monoisotopic (exact) mass is 297 g/mol. The van der Waals surface area contributed by atoms with Crippen LogP contribution in [0.5, 0.6) is 0 Å². The van der Waals surface area contributed by atoms with E-state index < -0.39 is 6.04 Å². The second-order valence-electron chi connectivity index (χ2n) is 6.63. The smallest absolute Gasteiger partial charge is 0.316 e. The van der Waals surface area contributed by atoms with E-state index in [2.05, 4.69) is 40.0 Å². The fourth-order valence-corrected chi connectivity index (χ4v) is 1.58. The third-order valence-electron chi connectivity index (χ3n) is 2.53. The Morgan fingerprint density at radius 3 is 2.48 bits per heavy atom. The first-order valence-electron chi connectivity index (χ1n) is 7.29. The van der Waals surface area contributed by atoms with E-state index in [0.717, 1.165) is 6.54 Å². The molecule has 7 nitrogen and oxygen atoms in total. The molecule has 21 heavy (non-hydrogen) atoms. The highest BCUT2D eigenvalue weighted by molar-refractivity contribution is 5.84. The molecule has 1 unspecified atom stereocenters. The molecule has 0 aromatic carbocycles. The topological polar surface area (TPSA) is 92.1 Å². The molecule has 1 aromatic rings. The predicted molar refractivity (Wildman–Crippen MR) is 81.8 cm³/mol. The molecular weight excluding hydrogens is 270 g/mol. The Labute approximate surface area is 126 Å². The molecule has 3 N–H and O–H groups in total. The van der Waals surface area contributed by atoms with Crippen LogP contribution in [0.25, 0.3) is 0 Å². The van der Waals surface area contributed by atoms with Gasteiger partial charge < -0.3 is 20.4 Å². The van der Waals surface area contributed by atoms with E-state index in [4.69, 9.17) is 4.42 Å². The Hall–Kier alpha value is -1.63. The van der Waals surface area contributed by atoms with Crippen molar-refractivity contribution in [2.75, 3.05) is 11.9 Å². The summed E-state index contributed by atoms with van der Waals surface area (Å²) >= 11 is 0. The zero-order valence-corrected chi connectivity index (χ0v) is 13.8. The number of anilines is 1. The summed E-state index contributed by atoms with van der Waals surface area (Å²) in [6.07, 6.45) is 0. The van der Waals surface area contributed by atoms with Gasteiger partial charge in [0.15, 0.2) is 0 Å². The standard InChI is InChI=1S/C14H27N5O2/c1-9(2)7-15-8-11-18-19-13(21-11)16-10(3)12(20)17-14(4,5)6/h9-10,15H,7-8H2,1-6H3,(H,16,19)(H,17,20). The summed E-state index contributed by atoms with van der Waals surface area (Å²) in [6, 6.07) is -0.186. The van der Waals surface area contributed by atoms with E-state index in [1.807, 2.05) is 20.8 Å². The van der Waals surface area contributed by atoms with Gasteiger partial charge in [-0.15, -0.1) is 5.10 Å². The van der Waals surface area contributed by atoms with Gasteiger partial charge in [-0.05, 0) is 40.2 Å². The van der Waals surface area contributed by atoms with Gasteiger partial charge in [-0.3, -0.25) is 4.79 Å². The minimum atomic E-state index is -0.443. The molecule has 0 aliphatic heterocycles. The molecule has 0 bridgehead atoms. The van der Waals surface area contributed by atoms with Crippen molar-refractivity contribution in [2.45, 2.75) is 59.7 Å². The number of nitrogens with one attached hydrogen (secondary N) is 3. The van der Waals surface area contributed by atoms with Gasteiger partial charge in [0.1, 0.15) is 6.04 Å². The van der Waals surface area contributed by atoms with Crippen molar-refractivity contribution in [1.82, 2.24) is 20.8 Å². The van der Waals surface area contributed by atoms with E-state index in [-0.39, 0.29) is 17.5 Å². The summed E-state index contributed by atoms with van der Waals surface area (Å²) in [5.41, 5.74) is -0.270. The van der Waals surface area contributed by atoms with Gasteiger partial charge in [-0.1, -0.05) is 18.9 Å². The lowest BCUT2D eigenvalue weighted by molar-refractivity contribution is -0.122. The number of carbonyl (C=O) groups excluding carboxylic acids is 1. The summed E-state index contributed by atoms with van der Waals surface area (Å²) in [7, 11) is 0. The third-order valence-corrected chi connectivity index (χ3v) is 2.53. The van der Waals surface area contributed by atoms with Gasteiger partial charge in [0.2, 0.25) is 11.8 Å². The van der Waals surface area contributed by atoms with Gasteiger partial charge in [-0.25, -0.2) is 0 Å². The van der Waals surface area contributed by atoms with Gasteiger partial charge in [0.05, 0.1) is 6.54 Å². The van der Waals surface area contributed by atoms with Crippen LogP contribution >= 0.6 is 0 Å². The third kappa shape index (κ3) is 7.08. The van der Waals surface area contributed by atoms with Crippen molar-refractivity contribution in [3.63, 3.8) is 0 Å². The van der Waals surface area contributed by atoms with Crippen LogP contribution in [0.3, 0.4) is 0 Å². The molecule has 1 aromatic heterocycles. The number of rotatable bonds is 7. The molecule has 7 heteroatoms. The molecule has 1 amide bonds. The van der Waals surface area contributed by atoms with Crippen molar-refractivity contribution in [2.24, 2.45) is 5.92 Å². The number of carbonyl (C=O) groups is 1. The Morgan fingerprint density at radius 2 is 1.90 bits per heavy atom. The minimum absolute atomic E-state index is 0.111. The van der Waals surface area contributed by atoms with Gasteiger partial charge in [0, 0.05) is 5.54 Å². The van der Waals surface area contributed by atoms with Crippen LogP contribution in [0.4, 0.5) is 6.01 Å². The Balaban J connectivity index is 2.44. The molecule has 0 saturated carbocycles. The van der Waals surface area contributed by atoms with E-state index in [9.17, 15) is 4.79 Å². The lowest BCUT2D eigenvalue weighted by Crippen LogP contribution is -2.47. The van der Waals surface area contributed by atoms with Crippen LogP contribution < -0.4 is 16.0 Å². The molecule has 0 aliphatic rings. The molecule has 120 valence electrons. The summed E-state index contributed by atoms with van der Waals surface area (Å²) in [5, 5.41) is 16.8. The summed E-state index contributed by atoms with van der Waals surface area (Å²) in [4.78, 5) is 11.9. The number of amides is 1. The maximum atomic E-state index is 11.9. The average Bonchev–Trinajstić information content (AvgIpc) is 2.74. The highest BCUT2D eigenvalue weighted by Gasteiger charge is 2.20. The summed E-state index contributed by atoms with van der Waals surface area (Å²) in [6.45, 7) is 13.2. The molecule has 1 rings (SSSR count). The van der Waals surface area contributed by atoms with Crippen molar-refractivity contribution >= 4 is 11.9 Å². The Kier molecular flexibility index (Phi) is 6.14. The van der Waals surface area contributed by atoms with Crippen LogP contribution in [-0.4, -0.2) is 34.2 Å². The van der Waals surface area contributed by atoms with Crippen molar-refractivity contribution in [1.29, 1.82) is 0 Å². The second kappa shape index (κ2) is 7.40. The molecule has 0 fully saturated rings. The van der Waals surface area contributed by atoms with E-state index in [1.165, 1.54) is 0 Å². The molecule has 0 radical (unpaired) electrons. The number of hydrogen-bond acceptors (Lipinski definition) is 6. The maximum Gasteiger partial charge on any atom is 0.316 e. The molecule has 1 atom stereocenters. The van der Waals surface area contributed by atoms with E-state index >= 15 is 0 Å². The molecular formula is C14H27N5O2. The quantitative estimate of drug-likeness (QED) is 0.707. The SMILES string of the molecule is CC(C)CNCc1nnc(NC(C)C(=O)NC(C)(C)C)o1. The molecule has 0 saturated heterocycles. The largest absolute Gasteiger partial charge is 0.407 e. The van der Waals surface area contributed by atoms with Gasteiger partial charge >= 0.3 is 6.01 Å². The van der Waals surface area contributed by atoms with Gasteiger partial charge in [0.25, 0.3) is 0 Å². The molecule has 1 heterocycles. The van der Waals surface area contributed by atoms with Crippen LogP contribution in [0.15, 0.2) is 4.42 Å². The summed E-state index contributed by atoms with van der Waals surface area (Å²) in [5.74, 6) is 0.952. The molecule has 0 aliphatic carbocycles. The summed E-state index contributed by atoms with van der Waals surface area (Å²) < 4.78 is 5.44. The lowest BCUT2D eigenvalue weighted by atomic mass is 10.1. The first-order chi connectivity index (χ1) is 9.67. The fourth-order valence-electron chi connectivity index (χ4n) is 1.58. The van der Waals surface area contributed by atoms with E-state index in [0.29, 0.717) is 18.4 Å². The predicted octanol–water partition coefficient (Wildman–Crippen LogP) is 1.53. The van der Waals surface area contributed by atoms with Crippen LogP contribution in [0.2, 0.25) is 0 Å². The molecule has 0 spiro atoms. The zero-order valence-electron chi connectivity index (χ0n) is 13.8. The van der Waals surface area contributed by atoms with Crippen molar-refractivity contribution in [3.8, 4) is 0 Å². The normalized spacial score (nSPS) is 13.3. The van der Waals surface area contributed by atoms with Gasteiger partial charge in [-0.2, -0.15) is 0 Å². The first-order valence-corrected chi connectivity index (χ1v) is 7.29. The van der Waals surface area contributed by atoms with Crippen LogP contribution in [0, 0.1) is 5.92 Å². The maximum absolute atomic E-state index is 11.9. The Bertz CT molecular complexity index is 450. The van der Waals surface area contributed by atoms with E-state index in [1.54, 1.807) is 6.92 Å². The lowest BCUT2D eigenvalue weighted by Gasteiger charge is -2.23. The number of nitrogens with zero attached hydrogens (tertiary/aromatic N) is 2.